The van der Waals surface area contributed by atoms with Crippen molar-refractivity contribution in [1.82, 2.24) is 19.8 Å². The molecule has 1 aliphatic heterocycles. The molecule has 0 aliphatic carbocycles. The predicted molar refractivity (Wildman–Crippen MR) is 109 cm³/mol. The number of nitrogens with two attached hydrogens (primary N) is 1. The van der Waals surface area contributed by atoms with Crippen molar-refractivity contribution in [2.24, 2.45) is 0 Å². The topological polar surface area (TPSA) is 84.6 Å². The van der Waals surface area contributed by atoms with Gasteiger partial charge in [0.1, 0.15) is 17.4 Å². The summed E-state index contributed by atoms with van der Waals surface area (Å²) >= 11 is 0. The van der Waals surface area contributed by atoms with Crippen LogP contribution in [-0.4, -0.2) is 58.5 Å². The van der Waals surface area contributed by atoms with E-state index in [1.165, 1.54) is 5.56 Å². The third-order valence-electron chi connectivity index (χ3n) is 5.20. The lowest BCUT2D eigenvalue weighted by Gasteiger charge is -2.24. The number of likely N-dealkylation sites (tertiary alicyclic amines) is 1. The molecule has 1 atom stereocenters. The van der Waals surface area contributed by atoms with Crippen LogP contribution < -0.4 is 10.5 Å². The first-order valence-electron chi connectivity index (χ1n) is 9.59. The quantitative estimate of drug-likeness (QED) is 0.822. The van der Waals surface area contributed by atoms with E-state index in [1.54, 1.807) is 12.3 Å². The zero-order chi connectivity index (χ0) is 20.3. The molecular formula is C21H29N5O2. The van der Waals surface area contributed by atoms with Gasteiger partial charge >= 0.3 is 0 Å². The number of likely N-dealkylation sites (N-methyl/N-ethyl adjacent to an activating group) is 1. The van der Waals surface area contributed by atoms with Crippen molar-refractivity contribution in [1.29, 1.82) is 0 Å². The van der Waals surface area contributed by atoms with Gasteiger partial charge in [-0.2, -0.15) is 0 Å². The summed E-state index contributed by atoms with van der Waals surface area (Å²) in [5, 5.41) is 0. The van der Waals surface area contributed by atoms with Crippen molar-refractivity contribution in [3.8, 4) is 5.75 Å². The number of hydrogen-bond acceptors (Lipinski definition) is 6. The van der Waals surface area contributed by atoms with Crippen LogP contribution in [0.1, 0.15) is 28.9 Å². The van der Waals surface area contributed by atoms with Crippen molar-refractivity contribution in [3.63, 3.8) is 0 Å². The molecule has 1 aliphatic rings. The van der Waals surface area contributed by atoms with E-state index in [0.717, 1.165) is 29.8 Å². The molecule has 3 rings (SSSR count). The fraction of sp³-hybridized carbons (Fsp3) is 0.476. The van der Waals surface area contributed by atoms with Gasteiger partial charge < -0.3 is 15.4 Å². The second kappa shape index (κ2) is 8.56. The highest BCUT2D eigenvalue weighted by Crippen LogP contribution is 2.25. The summed E-state index contributed by atoms with van der Waals surface area (Å²) in [6.07, 6.45) is 2.59. The number of aryl methyl sites for hydroxylation is 3. The second-order valence-corrected chi connectivity index (χ2v) is 7.61. The number of anilines is 1. The maximum absolute atomic E-state index is 12.6. The van der Waals surface area contributed by atoms with Crippen LogP contribution >= 0.6 is 0 Å². The average molecular weight is 383 g/mol. The van der Waals surface area contributed by atoms with Gasteiger partial charge in [0, 0.05) is 25.3 Å². The zero-order valence-electron chi connectivity index (χ0n) is 17.1. The summed E-state index contributed by atoms with van der Waals surface area (Å²) in [6.45, 7) is 8.19. The summed E-state index contributed by atoms with van der Waals surface area (Å²) in [5.41, 5.74) is 9.04. The molecular weight excluding hydrogens is 354 g/mol. The molecule has 1 amide bonds. The Morgan fingerprint density at radius 2 is 2.04 bits per heavy atom. The predicted octanol–water partition coefficient (Wildman–Crippen LogP) is 2.10. The van der Waals surface area contributed by atoms with Gasteiger partial charge in [-0.15, -0.1) is 0 Å². The highest BCUT2D eigenvalue weighted by molar-refractivity contribution is 5.78. The molecule has 0 radical (unpaired) electrons. The molecule has 1 aromatic carbocycles. The number of ether oxygens (including phenoxy) is 1. The Kier molecular flexibility index (Phi) is 6.14. The van der Waals surface area contributed by atoms with E-state index in [1.807, 2.05) is 25.8 Å². The molecule has 7 nitrogen and oxygen atoms in total. The molecule has 0 saturated carbocycles. The molecule has 2 aromatic rings. The number of rotatable bonds is 6. The monoisotopic (exact) mass is 383 g/mol. The van der Waals surface area contributed by atoms with Gasteiger partial charge in [0.25, 0.3) is 5.91 Å². The molecule has 7 heteroatoms. The molecule has 2 N–H and O–H groups in total. The maximum Gasteiger partial charge on any atom is 0.260 e. The first-order valence-corrected chi connectivity index (χ1v) is 9.59. The Morgan fingerprint density at radius 3 is 2.71 bits per heavy atom. The molecule has 150 valence electrons. The highest BCUT2D eigenvalue weighted by Gasteiger charge is 2.29. The SMILES string of the molecule is Cc1cc(C)c(OCC(=O)N2CC[C@@H](N(C)Cc3nccc(N)n3)C2)c(C)c1. The van der Waals surface area contributed by atoms with E-state index in [2.05, 4.69) is 33.9 Å². The van der Waals surface area contributed by atoms with Crippen LogP contribution in [0.3, 0.4) is 0 Å². The smallest absolute Gasteiger partial charge is 0.260 e. The van der Waals surface area contributed by atoms with Gasteiger partial charge in [0.15, 0.2) is 6.61 Å². The standard InChI is InChI=1S/C21H29N5O2/c1-14-9-15(2)21(16(3)10-14)28-13-20(27)26-8-6-17(11-26)25(4)12-19-23-7-5-18(22)24-19/h5,7,9-10,17H,6,8,11-13H2,1-4H3,(H2,22,23,24)/t17-/m1/s1. The summed E-state index contributed by atoms with van der Waals surface area (Å²) in [7, 11) is 2.03. The number of carbonyl (C=O) groups is 1. The zero-order valence-corrected chi connectivity index (χ0v) is 17.1. The molecule has 28 heavy (non-hydrogen) atoms. The van der Waals surface area contributed by atoms with Gasteiger partial charge in [-0.25, -0.2) is 9.97 Å². The van der Waals surface area contributed by atoms with E-state index in [9.17, 15) is 4.79 Å². The fourth-order valence-electron chi connectivity index (χ4n) is 3.79. The summed E-state index contributed by atoms with van der Waals surface area (Å²) < 4.78 is 5.86. The first-order chi connectivity index (χ1) is 13.3. The van der Waals surface area contributed by atoms with E-state index in [-0.39, 0.29) is 18.6 Å². The third kappa shape index (κ3) is 4.78. The Hall–Kier alpha value is -2.67. The lowest BCUT2D eigenvalue weighted by molar-refractivity contribution is -0.132. The molecule has 1 fully saturated rings. The average Bonchev–Trinajstić information content (AvgIpc) is 3.11. The first kappa shape index (κ1) is 20.1. The normalized spacial score (nSPS) is 16.6. The minimum Gasteiger partial charge on any atom is -0.483 e. The van der Waals surface area contributed by atoms with Crippen LogP contribution in [0.25, 0.3) is 0 Å². The number of hydrogen-bond donors (Lipinski definition) is 1. The minimum absolute atomic E-state index is 0.0236. The maximum atomic E-state index is 12.6. The van der Waals surface area contributed by atoms with Gasteiger partial charge in [-0.05, 0) is 51.4 Å². The number of carbonyl (C=O) groups excluding carboxylic acids is 1. The highest BCUT2D eigenvalue weighted by atomic mass is 16.5. The minimum atomic E-state index is 0.0236. The summed E-state index contributed by atoms with van der Waals surface area (Å²) in [4.78, 5) is 25.2. The number of nitrogen functional groups attached to an aromatic ring is 1. The Morgan fingerprint density at radius 1 is 1.32 bits per heavy atom. The lowest BCUT2D eigenvalue weighted by Crippen LogP contribution is -2.38. The van der Waals surface area contributed by atoms with Crippen molar-refractivity contribution >= 4 is 11.7 Å². The van der Waals surface area contributed by atoms with E-state index >= 15 is 0 Å². The van der Waals surface area contributed by atoms with Crippen LogP contribution in [0.15, 0.2) is 24.4 Å². The summed E-state index contributed by atoms with van der Waals surface area (Å²) in [5.74, 6) is 2.00. The summed E-state index contributed by atoms with van der Waals surface area (Å²) in [6, 6.07) is 6.10. The van der Waals surface area contributed by atoms with Gasteiger partial charge in [-0.3, -0.25) is 9.69 Å². The Bertz CT molecular complexity index is 831. The van der Waals surface area contributed by atoms with E-state index in [4.69, 9.17) is 10.5 Å². The van der Waals surface area contributed by atoms with Crippen LogP contribution in [0.2, 0.25) is 0 Å². The van der Waals surface area contributed by atoms with Crippen molar-refractivity contribution in [3.05, 3.63) is 46.9 Å². The van der Waals surface area contributed by atoms with E-state index in [0.29, 0.717) is 24.7 Å². The molecule has 1 saturated heterocycles. The number of aromatic nitrogens is 2. The molecule has 2 heterocycles. The van der Waals surface area contributed by atoms with E-state index < -0.39 is 0 Å². The second-order valence-electron chi connectivity index (χ2n) is 7.61. The number of nitrogens with zero attached hydrogens (tertiary/aromatic N) is 4. The molecule has 0 unspecified atom stereocenters. The van der Waals surface area contributed by atoms with Crippen LogP contribution in [-0.2, 0) is 11.3 Å². The van der Waals surface area contributed by atoms with Crippen molar-refractivity contribution in [2.75, 3.05) is 32.5 Å². The number of benzene rings is 1. The fourth-order valence-corrected chi connectivity index (χ4v) is 3.79. The molecule has 0 spiro atoms. The van der Waals surface area contributed by atoms with Crippen molar-refractivity contribution in [2.45, 2.75) is 39.8 Å². The van der Waals surface area contributed by atoms with Gasteiger partial charge in [-0.1, -0.05) is 17.7 Å². The van der Waals surface area contributed by atoms with Crippen LogP contribution in [0, 0.1) is 20.8 Å². The Balaban J connectivity index is 1.52. The van der Waals surface area contributed by atoms with Gasteiger partial charge in [0.2, 0.25) is 0 Å². The van der Waals surface area contributed by atoms with Gasteiger partial charge in [0.05, 0.1) is 6.54 Å². The lowest BCUT2D eigenvalue weighted by atomic mass is 10.1. The third-order valence-corrected chi connectivity index (χ3v) is 5.20. The largest absolute Gasteiger partial charge is 0.483 e. The number of amides is 1. The molecule has 1 aromatic heterocycles. The van der Waals surface area contributed by atoms with Crippen LogP contribution in [0.5, 0.6) is 5.75 Å². The van der Waals surface area contributed by atoms with Crippen LogP contribution in [0.4, 0.5) is 5.82 Å². The van der Waals surface area contributed by atoms with Crippen molar-refractivity contribution < 1.29 is 9.53 Å². The Labute approximate surface area is 166 Å². The molecule has 0 bridgehead atoms.